The molecule has 0 saturated carbocycles. The monoisotopic (exact) mass is 517 g/mol. The Kier molecular flexibility index (Phi) is 15.4. The van der Waals surface area contributed by atoms with E-state index >= 15 is 0 Å². The Labute approximate surface area is 212 Å². The fourth-order valence-corrected chi connectivity index (χ4v) is 4.63. The maximum Gasteiger partial charge on any atom is 0.276 e. The average Bonchev–Trinajstić information content (AvgIpc) is 2.82. The summed E-state index contributed by atoms with van der Waals surface area (Å²) in [6.45, 7) is 7.71. The summed E-state index contributed by atoms with van der Waals surface area (Å²) in [6.07, 6.45) is 3.85. The van der Waals surface area contributed by atoms with Crippen molar-refractivity contribution in [2.75, 3.05) is 40.5 Å². The zero-order valence-electron chi connectivity index (χ0n) is 22.1. The first-order chi connectivity index (χ1) is 16.6. The second-order valence-corrected chi connectivity index (χ2v) is 10.9. The van der Waals surface area contributed by atoms with Crippen molar-refractivity contribution < 1.29 is 27.7 Å². The largest absolute Gasteiger partial charge is 0.493 e. The van der Waals surface area contributed by atoms with Crippen LogP contribution in [0.2, 0.25) is 0 Å². The van der Waals surface area contributed by atoms with Gasteiger partial charge in [0.25, 0.3) is 10.2 Å². The summed E-state index contributed by atoms with van der Waals surface area (Å²) in [7, 11) is -0.380. The Morgan fingerprint density at radius 1 is 1.06 bits per heavy atom. The van der Waals surface area contributed by atoms with E-state index in [1.807, 2.05) is 18.2 Å². The molecule has 0 aliphatic carbocycles. The molecule has 10 heteroatoms. The van der Waals surface area contributed by atoms with Crippen molar-refractivity contribution >= 4 is 10.2 Å². The van der Waals surface area contributed by atoms with Gasteiger partial charge in [-0.05, 0) is 48.8 Å². The van der Waals surface area contributed by atoms with Gasteiger partial charge in [0.15, 0.2) is 11.5 Å². The van der Waals surface area contributed by atoms with Crippen LogP contribution in [-0.4, -0.2) is 66.2 Å². The predicted molar refractivity (Wildman–Crippen MR) is 140 cm³/mol. The lowest BCUT2D eigenvalue weighted by atomic mass is 9.83. The van der Waals surface area contributed by atoms with Crippen molar-refractivity contribution in [3.05, 3.63) is 23.8 Å². The van der Waals surface area contributed by atoms with E-state index in [1.54, 1.807) is 14.2 Å². The molecule has 0 aromatic heterocycles. The van der Waals surface area contributed by atoms with Gasteiger partial charge >= 0.3 is 0 Å². The third-order valence-electron chi connectivity index (χ3n) is 6.04. The van der Waals surface area contributed by atoms with Gasteiger partial charge in [-0.2, -0.15) is 13.1 Å². The molecule has 35 heavy (non-hydrogen) atoms. The van der Waals surface area contributed by atoms with Crippen LogP contribution in [-0.2, 0) is 21.4 Å². The van der Waals surface area contributed by atoms with E-state index in [9.17, 15) is 13.5 Å². The topological polar surface area (TPSA) is 132 Å². The normalized spacial score (nSPS) is 14.6. The molecular formula is C25H47N3O6S. The number of ether oxygens (including phenoxy) is 3. The first kappa shape index (κ1) is 31.6. The van der Waals surface area contributed by atoms with Gasteiger partial charge in [-0.1, -0.05) is 39.7 Å². The number of unbranched alkanes of at least 4 members (excludes halogenated alkanes) is 2. The van der Waals surface area contributed by atoms with Crippen molar-refractivity contribution in [2.45, 2.75) is 71.4 Å². The number of aliphatic hydroxyl groups excluding tert-OH is 1. The van der Waals surface area contributed by atoms with Gasteiger partial charge in [-0.15, -0.1) is 0 Å². The first-order valence-corrected chi connectivity index (χ1v) is 14.1. The van der Waals surface area contributed by atoms with E-state index in [1.165, 1.54) is 0 Å². The van der Waals surface area contributed by atoms with Crippen LogP contribution in [0, 0.1) is 11.8 Å². The van der Waals surface area contributed by atoms with Gasteiger partial charge in [0.05, 0.1) is 19.8 Å². The molecule has 0 amide bonds. The molecular weight excluding hydrogens is 470 g/mol. The van der Waals surface area contributed by atoms with Crippen molar-refractivity contribution in [1.82, 2.24) is 9.44 Å². The Bertz CT molecular complexity index is 806. The minimum Gasteiger partial charge on any atom is -0.493 e. The highest BCUT2D eigenvalue weighted by Crippen LogP contribution is 2.31. The van der Waals surface area contributed by atoms with E-state index in [4.69, 9.17) is 19.9 Å². The van der Waals surface area contributed by atoms with E-state index < -0.39 is 22.4 Å². The molecule has 0 unspecified atom stereocenters. The third kappa shape index (κ3) is 12.9. The van der Waals surface area contributed by atoms with Gasteiger partial charge in [0.1, 0.15) is 0 Å². The number of hydrogen-bond acceptors (Lipinski definition) is 7. The summed E-state index contributed by atoms with van der Waals surface area (Å²) in [5, 5.41) is 10.5. The lowest BCUT2D eigenvalue weighted by molar-refractivity contribution is 0.129. The lowest BCUT2D eigenvalue weighted by Gasteiger charge is -2.27. The van der Waals surface area contributed by atoms with Crippen LogP contribution in [0.1, 0.15) is 58.4 Å². The van der Waals surface area contributed by atoms with Gasteiger partial charge in [-0.25, -0.2) is 4.72 Å². The van der Waals surface area contributed by atoms with Crippen molar-refractivity contribution in [3.63, 3.8) is 0 Å². The number of methoxy groups -OCH3 is 2. The van der Waals surface area contributed by atoms with E-state index in [0.29, 0.717) is 43.6 Å². The van der Waals surface area contributed by atoms with Crippen molar-refractivity contribution in [2.24, 2.45) is 17.6 Å². The molecule has 1 aromatic rings. The van der Waals surface area contributed by atoms with E-state index in [-0.39, 0.29) is 12.5 Å². The summed E-state index contributed by atoms with van der Waals surface area (Å²) < 4.78 is 45.5. The quantitative estimate of drug-likeness (QED) is 0.196. The first-order valence-electron chi connectivity index (χ1n) is 12.6. The molecule has 9 nitrogen and oxygen atoms in total. The number of nitrogens with one attached hydrogen (secondary N) is 2. The standard InChI is InChI=1S/C25H47N3O6S/c1-6-7-8-12-27-35(30,31)28-18-23(29)22(26)17-21(19(2)3)15-20-10-11-24(33-5)25(16-20)34-14-9-13-32-4/h10-11,16,19,21-23,27-29H,6-9,12-15,17-18,26H2,1-5H3/t21-,22-,23-/m0/s1. The molecule has 3 atom stereocenters. The van der Waals surface area contributed by atoms with Crippen LogP contribution in [0.5, 0.6) is 11.5 Å². The Morgan fingerprint density at radius 3 is 2.43 bits per heavy atom. The molecule has 0 radical (unpaired) electrons. The van der Waals surface area contributed by atoms with Crippen LogP contribution in [0.3, 0.4) is 0 Å². The summed E-state index contributed by atoms with van der Waals surface area (Å²) in [5.74, 6) is 1.88. The van der Waals surface area contributed by atoms with Crippen molar-refractivity contribution in [3.8, 4) is 11.5 Å². The van der Waals surface area contributed by atoms with Crippen molar-refractivity contribution in [1.29, 1.82) is 0 Å². The molecule has 0 saturated heterocycles. The van der Waals surface area contributed by atoms with Crippen LogP contribution in [0.4, 0.5) is 0 Å². The lowest BCUT2D eigenvalue weighted by Crippen LogP contribution is -2.47. The third-order valence-corrected chi connectivity index (χ3v) is 7.17. The molecule has 0 aliphatic rings. The zero-order chi connectivity index (χ0) is 26.3. The molecule has 5 N–H and O–H groups in total. The van der Waals surface area contributed by atoms with Gasteiger partial charge in [0.2, 0.25) is 0 Å². The predicted octanol–water partition coefficient (Wildman–Crippen LogP) is 2.62. The molecule has 0 spiro atoms. The fourth-order valence-electron chi connectivity index (χ4n) is 3.73. The minimum absolute atomic E-state index is 0.128. The minimum atomic E-state index is -3.66. The molecule has 204 valence electrons. The SMILES string of the molecule is CCCCCNS(=O)(=O)NC[C@H](O)[C@@H](N)C[C@H](Cc1ccc(OC)c(OCCCOC)c1)C(C)C. The average molecular weight is 518 g/mol. The Morgan fingerprint density at radius 2 is 1.80 bits per heavy atom. The van der Waals surface area contributed by atoms with Crippen LogP contribution < -0.4 is 24.7 Å². The van der Waals surface area contributed by atoms with E-state index in [2.05, 4.69) is 30.2 Å². The second kappa shape index (κ2) is 17.1. The highest BCUT2D eigenvalue weighted by molar-refractivity contribution is 7.87. The fraction of sp³-hybridized carbons (Fsp3) is 0.760. The summed E-state index contributed by atoms with van der Waals surface area (Å²) >= 11 is 0. The number of nitrogens with two attached hydrogens (primary N) is 1. The van der Waals surface area contributed by atoms with Crippen LogP contribution >= 0.6 is 0 Å². The second-order valence-electron chi connectivity index (χ2n) is 9.31. The molecule has 0 aliphatic heterocycles. The number of rotatable bonds is 20. The van der Waals surface area contributed by atoms with Gasteiger partial charge in [0, 0.05) is 39.3 Å². The zero-order valence-corrected chi connectivity index (χ0v) is 22.9. The van der Waals surface area contributed by atoms with Gasteiger partial charge < -0.3 is 25.1 Å². The smallest absolute Gasteiger partial charge is 0.276 e. The van der Waals surface area contributed by atoms with E-state index in [0.717, 1.165) is 37.7 Å². The highest BCUT2D eigenvalue weighted by atomic mass is 32.2. The summed E-state index contributed by atoms with van der Waals surface area (Å²) in [4.78, 5) is 0. The summed E-state index contributed by atoms with van der Waals surface area (Å²) in [6, 6.07) is 5.33. The number of benzene rings is 1. The molecule has 0 bridgehead atoms. The van der Waals surface area contributed by atoms with Crippen LogP contribution in [0.15, 0.2) is 18.2 Å². The highest BCUT2D eigenvalue weighted by Gasteiger charge is 2.24. The molecule has 1 aromatic carbocycles. The number of hydrogen-bond donors (Lipinski definition) is 4. The van der Waals surface area contributed by atoms with Crippen LogP contribution in [0.25, 0.3) is 0 Å². The Balaban J connectivity index is 2.69. The summed E-state index contributed by atoms with van der Waals surface area (Å²) in [5.41, 5.74) is 7.37. The Hall–Kier alpha value is -1.43. The maximum absolute atomic E-state index is 12.1. The molecule has 0 heterocycles. The van der Waals surface area contributed by atoms with Gasteiger partial charge in [-0.3, -0.25) is 0 Å². The molecule has 1 rings (SSSR count). The molecule has 0 fully saturated rings. The maximum atomic E-state index is 12.1. The number of aliphatic hydroxyl groups is 1.